The number of nitrogens with one attached hydrogen (secondary N) is 1. The molecule has 8 aliphatic carbocycles. The molecular formula is C38H52N2O3. The molecule has 0 radical (unpaired) electrons. The molecule has 2 amide bonds. The zero-order chi connectivity index (χ0) is 29.6. The monoisotopic (exact) mass is 584 g/mol. The van der Waals surface area contributed by atoms with Crippen LogP contribution in [0.15, 0.2) is 53.6 Å². The van der Waals surface area contributed by atoms with E-state index in [4.69, 9.17) is 0 Å². The van der Waals surface area contributed by atoms with E-state index in [-0.39, 0.29) is 28.4 Å². The predicted octanol–water partition coefficient (Wildman–Crippen LogP) is 7.71. The van der Waals surface area contributed by atoms with E-state index in [1.165, 1.54) is 49.7 Å². The van der Waals surface area contributed by atoms with E-state index in [0.717, 1.165) is 74.9 Å². The number of urea groups is 1. The van der Waals surface area contributed by atoms with Gasteiger partial charge >= 0.3 is 6.03 Å². The molecule has 4 bridgehead atoms. The number of benzene rings is 1. The molecule has 232 valence electrons. The Morgan fingerprint density at radius 1 is 0.884 bits per heavy atom. The molecule has 6 unspecified atom stereocenters. The summed E-state index contributed by atoms with van der Waals surface area (Å²) in [6.07, 6.45) is 19.0. The summed E-state index contributed by atoms with van der Waals surface area (Å²) in [4.78, 5) is 16.2. The number of carbonyl (C=O) groups is 1. The minimum Gasteiger partial charge on any atom is -0.393 e. The topological polar surface area (TPSA) is 72.8 Å². The highest BCUT2D eigenvalue weighted by Crippen LogP contribution is 2.66. The lowest BCUT2D eigenvalue weighted by atomic mass is 9.49. The minimum atomic E-state index is -0.909. The third-order valence-electron chi connectivity index (χ3n) is 14.3. The number of hydrogen-bond donors (Lipinski definition) is 3. The van der Waals surface area contributed by atoms with Gasteiger partial charge in [0.25, 0.3) is 0 Å². The molecule has 8 aliphatic rings. The summed E-state index contributed by atoms with van der Waals surface area (Å²) in [6, 6.07) is 9.80. The lowest BCUT2D eigenvalue weighted by Gasteiger charge is -2.59. The summed E-state index contributed by atoms with van der Waals surface area (Å²) < 4.78 is 0. The highest BCUT2D eigenvalue weighted by Gasteiger charge is 2.63. The Morgan fingerprint density at radius 2 is 1.56 bits per heavy atom. The number of para-hydroxylation sites is 1. The van der Waals surface area contributed by atoms with E-state index in [1.807, 2.05) is 30.3 Å². The number of aliphatic hydroxyl groups excluding tert-OH is 1. The largest absolute Gasteiger partial charge is 0.393 e. The number of nitrogens with zero attached hydrogens (tertiary/aromatic N) is 1. The van der Waals surface area contributed by atoms with Gasteiger partial charge in [-0.25, -0.2) is 4.79 Å². The van der Waals surface area contributed by atoms with E-state index in [9.17, 15) is 15.0 Å². The molecule has 1 aromatic rings. The van der Waals surface area contributed by atoms with E-state index in [2.05, 4.69) is 36.2 Å². The van der Waals surface area contributed by atoms with Crippen LogP contribution in [0, 0.1) is 45.8 Å². The summed E-state index contributed by atoms with van der Waals surface area (Å²) in [5.41, 5.74) is 2.97. The van der Waals surface area contributed by atoms with Crippen molar-refractivity contribution in [3.05, 3.63) is 53.6 Å². The van der Waals surface area contributed by atoms with Crippen LogP contribution in [0.1, 0.15) is 97.3 Å². The maximum atomic E-state index is 14.1. The van der Waals surface area contributed by atoms with Crippen molar-refractivity contribution in [3.63, 3.8) is 0 Å². The van der Waals surface area contributed by atoms with E-state index < -0.39 is 5.60 Å². The number of anilines is 1. The van der Waals surface area contributed by atoms with Gasteiger partial charge in [-0.05, 0) is 136 Å². The highest BCUT2D eigenvalue weighted by atomic mass is 16.3. The highest BCUT2D eigenvalue weighted by molar-refractivity contribution is 5.89. The van der Waals surface area contributed by atoms with E-state index in [0.29, 0.717) is 18.4 Å². The zero-order valence-corrected chi connectivity index (χ0v) is 26.4. The van der Waals surface area contributed by atoms with Gasteiger partial charge in [-0.3, -0.25) is 0 Å². The smallest absolute Gasteiger partial charge is 0.321 e. The number of aliphatic hydroxyl groups is 2. The first-order valence-electron chi connectivity index (χ1n) is 17.5. The second-order valence-corrected chi connectivity index (χ2v) is 16.9. The molecule has 5 heteroatoms. The van der Waals surface area contributed by atoms with Crippen LogP contribution >= 0.6 is 0 Å². The normalized spacial score (nSPS) is 45.9. The molecule has 0 saturated heterocycles. The van der Waals surface area contributed by atoms with E-state index in [1.54, 1.807) is 0 Å². The Balaban J connectivity index is 1.08. The van der Waals surface area contributed by atoms with Crippen LogP contribution in [-0.2, 0) is 0 Å². The standard InChI is InChI=1S/C38H52N2O3/c1-35-13-10-30(41)19-28(35)8-9-31-32(35)11-14-36(2)33(31)12-15-38(36,43)24-40(34(42)39-29-6-4-3-5-7-29)23-37-20-25-16-26(21-37)18-27(17-25)22-37/h3-9,25-27,30,32-33,41,43H,10-24H2,1-2H3,(H,39,42). The average molecular weight is 585 g/mol. The summed E-state index contributed by atoms with van der Waals surface area (Å²) >= 11 is 0. The SMILES string of the molecule is CC12CCC(O)CC1=CC=C1C2CCC2(C)C1CCC2(O)CN(CC12CC3CC(CC(C3)C1)C2)C(=O)Nc1ccccc1. The molecular weight excluding hydrogens is 532 g/mol. The Morgan fingerprint density at radius 3 is 2.26 bits per heavy atom. The van der Waals surface area contributed by atoms with Crippen molar-refractivity contribution in [2.24, 2.45) is 45.8 Å². The number of fused-ring (bicyclic) bond motifs is 5. The van der Waals surface area contributed by atoms with Gasteiger partial charge in [-0.2, -0.15) is 0 Å². The fourth-order valence-electron chi connectivity index (χ4n) is 12.5. The van der Waals surface area contributed by atoms with Crippen LogP contribution in [0.3, 0.4) is 0 Å². The van der Waals surface area contributed by atoms with Gasteiger partial charge in [-0.15, -0.1) is 0 Å². The third-order valence-corrected chi connectivity index (χ3v) is 14.3. The van der Waals surface area contributed by atoms with Crippen molar-refractivity contribution < 1.29 is 15.0 Å². The third kappa shape index (κ3) is 4.49. The molecule has 7 fully saturated rings. The van der Waals surface area contributed by atoms with Gasteiger partial charge in [0.2, 0.25) is 0 Å². The Bertz CT molecular complexity index is 1300. The van der Waals surface area contributed by atoms with Gasteiger partial charge < -0.3 is 20.4 Å². The first-order valence-corrected chi connectivity index (χ1v) is 17.5. The fraction of sp³-hybridized carbons (Fsp3) is 0.711. The number of allylic oxidation sites excluding steroid dienone is 3. The number of hydrogen-bond acceptors (Lipinski definition) is 3. The molecule has 9 rings (SSSR count). The first kappa shape index (κ1) is 28.4. The zero-order valence-electron chi connectivity index (χ0n) is 26.4. The fourth-order valence-corrected chi connectivity index (χ4v) is 12.5. The Kier molecular flexibility index (Phi) is 6.56. The molecule has 7 saturated carbocycles. The first-order chi connectivity index (χ1) is 20.6. The molecule has 5 nitrogen and oxygen atoms in total. The predicted molar refractivity (Wildman–Crippen MR) is 170 cm³/mol. The Hall–Kier alpha value is -2.11. The lowest BCUT2D eigenvalue weighted by Crippen LogP contribution is -2.59. The Labute approximate surface area is 258 Å². The van der Waals surface area contributed by atoms with Crippen molar-refractivity contribution in [3.8, 4) is 0 Å². The summed E-state index contributed by atoms with van der Waals surface area (Å²) in [5, 5.41) is 26.4. The van der Waals surface area contributed by atoms with Gasteiger partial charge in [0.15, 0.2) is 0 Å². The molecule has 0 aromatic heterocycles. The second kappa shape index (κ2) is 9.94. The van der Waals surface area contributed by atoms with E-state index >= 15 is 0 Å². The van der Waals surface area contributed by atoms with Crippen molar-refractivity contribution in [2.45, 2.75) is 109 Å². The van der Waals surface area contributed by atoms with Crippen LogP contribution in [0.25, 0.3) is 0 Å². The molecule has 6 atom stereocenters. The van der Waals surface area contributed by atoms with Crippen molar-refractivity contribution in [2.75, 3.05) is 18.4 Å². The summed E-state index contributed by atoms with van der Waals surface area (Å²) in [6.45, 7) is 5.97. The van der Waals surface area contributed by atoms with Gasteiger partial charge in [0, 0.05) is 17.6 Å². The maximum absolute atomic E-state index is 14.1. The molecule has 3 N–H and O–H groups in total. The molecule has 0 aliphatic heterocycles. The van der Waals surface area contributed by atoms with Crippen molar-refractivity contribution in [1.82, 2.24) is 4.90 Å². The molecule has 0 heterocycles. The van der Waals surface area contributed by atoms with Crippen LogP contribution in [0.4, 0.5) is 10.5 Å². The maximum Gasteiger partial charge on any atom is 0.321 e. The van der Waals surface area contributed by atoms with Crippen molar-refractivity contribution in [1.29, 1.82) is 0 Å². The minimum absolute atomic E-state index is 0.0474. The van der Waals surface area contributed by atoms with Crippen LogP contribution in [0.2, 0.25) is 0 Å². The second-order valence-electron chi connectivity index (χ2n) is 16.9. The average Bonchev–Trinajstić information content (AvgIpc) is 3.23. The summed E-state index contributed by atoms with van der Waals surface area (Å²) in [7, 11) is 0. The van der Waals surface area contributed by atoms with Gasteiger partial charge in [0.05, 0.1) is 18.2 Å². The quantitative estimate of drug-likeness (QED) is 0.332. The lowest BCUT2D eigenvalue weighted by molar-refractivity contribution is -0.109. The summed E-state index contributed by atoms with van der Waals surface area (Å²) in [5.74, 6) is 3.34. The van der Waals surface area contributed by atoms with Gasteiger partial charge in [0.1, 0.15) is 0 Å². The van der Waals surface area contributed by atoms with Crippen LogP contribution < -0.4 is 5.32 Å². The number of carbonyl (C=O) groups excluding carboxylic acids is 1. The van der Waals surface area contributed by atoms with Gasteiger partial charge in [-0.1, -0.05) is 55.3 Å². The molecule has 1 aromatic carbocycles. The van der Waals surface area contributed by atoms with Crippen LogP contribution in [0.5, 0.6) is 0 Å². The molecule has 0 spiro atoms. The molecule has 43 heavy (non-hydrogen) atoms. The van der Waals surface area contributed by atoms with Crippen LogP contribution in [-0.4, -0.2) is 45.9 Å². The van der Waals surface area contributed by atoms with Crippen molar-refractivity contribution >= 4 is 11.7 Å². The number of rotatable bonds is 5. The number of amides is 2.